The molecule has 1 aliphatic rings. The number of halogens is 3. The van der Waals surface area contributed by atoms with Crippen LogP contribution in [0.4, 0.5) is 13.6 Å². The van der Waals surface area contributed by atoms with Gasteiger partial charge >= 0.3 is 6.16 Å². The fourth-order valence-corrected chi connectivity index (χ4v) is 4.96. The second-order valence-electron chi connectivity index (χ2n) is 7.88. The van der Waals surface area contributed by atoms with Gasteiger partial charge in [0.05, 0.1) is 36.1 Å². The molecule has 186 valence electrons. The number of hydrogen-bond donors (Lipinski definition) is 1. The summed E-state index contributed by atoms with van der Waals surface area (Å²) in [6, 6.07) is 11.6. The lowest BCUT2D eigenvalue weighted by molar-refractivity contribution is -0.0700. The van der Waals surface area contributed by atoms with Crippen molar-refractivity contribution in [3.8, 4) is 17.3 Å². The van der Waals surface area contributed by atoms with E-state index in [9.17, 15) is 9.18 Å². The highest BCUT2D eigenvalue weighted by atomic mass is 35.5. The van der Waals surface area contributed by atoms with Gasteiger partial charge in [0.15, 0.2) is 11.7 Å². The summed E-state index contributed by atoms with van der Waals surface area (Å²) in [5, 5.41) is 13.0. The molecule has 0 aliphatic carbocycles. The number of hydrazine groups is 1. The van der Waals surface area contributed by atoms with Crippen LogP contribution in [0.15, 0.2) is 52.8 Å². The summed E-state index contributed by atoms with van der Waals surface area (Å²) in [5.41, 5.74) is 3.06. The van der Waals surface area contributed by atoms with Gasteiger partial charge in [-0.2, -0.15) is 10.3 Å². The normalized spacial score (nSPS) is 15.5. The summed E-state index contributed by atoms with van der Waals surface area (Å²) in [6.45, 7) is 1.87. The summed E-state index contributed by atoms with van der Waals surface area (Å²) in [7, 11) is 0. The van der Waals surface area contributed by atoms with Crippen molar-refractivity contribution in [3.05, 3.63) is 75.6 Å². The van der Waals surface area contributed by atoms with Crippen LogP contribution in [-0.2, 0) is 15.1 Å². The third kappa shape index (κ3) is 5.31. The van der Waals surface area contributed by atoms with Crippen LogP contribution in [0.1, 0.15) is 29.0 Å². The quantitative estimate of drug-likeness (QED) is 0.318. The molecule has 2 heterocycles. The summed E-state index contributed by atoms with van der Waals surface area (Å²) < 4.78 is 39.7. The molecule has 1 aliphatic heterocycles. The molecule has 0 fully saturated rings. The van der Waals surface area contributed by atoms with Crippen molar-refractivity contribution in [3.63, 3.8) is 0 Å². The van der Waals surface area contributed by atoms with E-state index in [1.54, 1.807) is 36.2 Å². The van der Waals surface area contributed by atoms with Crippen LogP contribution in [0, 0.1) is 23.0 Å². The van der Waals surface area contributed by atoms with Gasteiger partial charge in [-0.25, -0.2) is 18.6 Å². The molecule has 1 unspecified atom stereocenters. The van der Waals surface area contributed by atoms with Gasteiger partial charge in [0, 0.05) is 22.6 Å². The Morgan fingerprint density at radius 3 is 2.75 bits per heavy atom. The molecule has 1 N–H and O–H groups in total. The topological polar surface area (TPSA) is 99.8 Å². The number of ether oxygens (including phenoxy) is 2. The van der Waals surface area contributed by atoms with Crippen LogP contribution < -0.4 is 5.43 Å². The molecule has 4 rings (SSSR count). The van der Waals surface area contributed by atoms with E-state index < -0.39 is 35.4 Å². The molecule has 36 heavy (non-hydrogen) atoms. The number of carbonyl (C=O) groups is 1. The molecule has 0 saturated heterocycles. The van der Waals surface area contributed by atoms with E-state index in [-0.39, 0.29) is 18.8 Å². The molecule has 0 spiro atoms. The monoisotopic (exact) mass is 531 g/mol. The Labute approximate surface area is 214 Å². The third-order valence-electron chi connectivity index (χ3n) is 5.74. The maximum Gasteiger partial charge on any atom is 0.510 e. The van der Waals surface area contributed by atoms with Gasteiger partial charge in [0.1, 0.15) is 23.3 Å². The fraction of sp³-hybridized carbons (Fsp3) is 0.250. The van der Waals surface area contributed by atoms with Crippen LogP contribution in [-0.4, -0.2) is 41.8 Å². The number of nitrogens with one attached hydrogen (secondary N) is 1. The first-order chi connectivity index (χ1) is 17.4. The van der Waals surface area contributed by atoms with Crippen molar-refractivity contribution >= 4 is 35.4 Å². The lowest BCUT2D eigenvalue weighted by atomic mass is 9.81. The lowest BCUT2D eigenvalue weighted by Gasteiger charge is -2.40. The predicted octanol–water partition coefficient (Wildman–Crippen LogP) is 5.11. The Morgan fingerprint density at radius 1 is 1.33 bits per heavy atom. The van der Waals surface area contributed by atoms with Crippen LogP contribution in [0.5, 0.6) is 0 Å². The van der Waals surface area contributed by atoms with Gasteiger partial charge in [0.25, 0.3) is 0 Å². The number of nitrogens with zero attached hydrogens (tertiary/aromatic N) is 4. The zero-order valence-corrected chi connectivity index (χ0v) is 20.5. The number of rotatable bonds is 8. The van der Waals surface area contributed by atoms with Gasteiger partial charge in [-0.15, -0.1) is 11.3 Å². The molecule has 2 aromatic carbocycles. The maximum atomic E-state index is 15.3. The Hall–Kier alpha value is -3.59. The van der Waals surface area contributed by atoms with Gasteiger partial charge in [0.2, 0.25) is 0 Å². The van der Waals surface area contributed by atoms with Crippen molar-refractivity contribution in [1.29, 1.82) is 5.26 Å². The van der Waals surface area contributed by atoms with Crippen LogP contribution in [0.25, 0.3) is 11.3 Å². The largest absolute Gasteiger partial charge is 0.510 e. The summed E-state index contributed by atoms with van der Waals surface area (Å²) in [4.78, 5) is 21.4. The molecule has 8 nitrogen and oxygen atoms in total. The predicted molar refractivity (Wildman–Crippen MR) is 130 cm³/mol. The minimum atomic E-state index is -1.71. The van der Waals surface area contributed by atoms with Crippen LogP contribution >= 0.6 is 22.9 Å². The smallest absolute Gasteiger partial charge is 0.420 e. The Kier molecular flexibility index (Phi) is 7.79. The zero-order valence-electron chi connectivity index (χ0n) is 19.0. The Morgan fingerprint density at radius 2 is 2.11 bits per heavy atom. The number of aliphatic imine (C=N–C) groups is 1. The third-order valence-corrected chi connectivity index (χ3v) is 6.87. The van der Waals surface area contributed by atoms with Gasteiger partial charge in [-0.3, -0.25) is 4.99 Å². The molecule has 0 saturated carbocycles. The summed E-state index contributed by atoms with van der Waals surface area (Å²) in [5.74, 6) is -2.40. The van der Waals surface area contributed by atoms with Gasteiger partial charge in [-0.1, -0.05) is 30.7 Å². The number of alkyl halides is 1. The highest BCUT2D eigenvalue weighted by Gasteiger charge is 2.48. The van der Waals surface area contributed by atoms with E-state index in [1.807, 2.05) is 5.38 Å². The number of thiazole rings is 1. The number of aromatic nitrogens is 1. The highest BCUT2D eigenvalue weighted by Crippen LogP contribution is 2.44. The second-order valence-corrected chi connectivity index (χ2v) is 8.99. The first-order valence-corrected chi connectivity index (χ1v) is 12.1. The average Bonchev–Trinajstić information content (AvgIpc) is 3.56. The standard InChI is InChI=1S/C24H20ClF2N5O3S/c1-15(22-31-21(10-36-22)17-4-2-16(9-28)3-5-17)24(35-23(33)34-12-25,11-32-14-29-13-30-32)19-7-6-18(26)8-20(19)27/h2-8,10,13,15H,11-12,14H2,1H3,(H,29,30)/t15-,24?/m0/s1. The molecule has 12 heteroatoms. The Bertz CT molecular complexity index is 1310. The van der Waals surface area contributed by atoms with E-state index in [4.69, 9.17) is 31.3 Å². The molecular weight excluding hydrogens is 512 g/mol. The number of hydrogen-bond acceptors (Lipinski definition) is 9. The second kappa shape index (κ2) is 11.0. The molecule has 2 atom stereocenters. The molecule has 1 aromatic heterocycles. The first-order valence-electron chi connectivity index (χ1n) is 10.7. The summed E-state index contributed by atoms with van der Waals surface area (Å²) in [6.07, 6.45) is 0.337. The van der Waals surface area contributed by atoms with Crippen molar-refractivity contribution in [2.24, 2.45) is 4.99 Å². The zero-order chi connectivity index (χ0) is 25.7. The van der Waals surface area contributed by atoms with Crippen molar-refractivity contribution in [2.75, 3.05) is 19.3 Å². The van der Waals surface area contributed by atoms with Crippen molar-refractivity contribution in [1.82, 2.24) is 15.4 Å². The van der Waals surface area contributed by atoms with Crippen LogP contribution in [0.2, 0.25) is 0 Å². The fourth-order valence-electron chi connectivity index (χ4n) is 3.90. The number of carbonyl (C=O) groups excluding carboxylic acids is 1. The van der Waals surface area contributed by atoms with E-state index in [0.29, 0.717) is 16.3 Å². The molecule has 3 aromatic rings. The molecular formula is C24H20ClF2N5O3S. The lowest BCUT2D eigenvalue weighted by Crippen LogP contribution is -2.50. The maximum absolute atomic E-state index is 15.3. The molecule has 0 radical (unpaired) electrons. The van der Waals surface area contributed by atoms with Crippen molar-refractivity contribution < 1.29 is 23.0 Å². The van der Waals surface area contributed by atoms with E-state index in [0.717, 1.165) is 17.7 Å². The van der Waals surface area contributed by atoms with Gasteiger partial charge < -0.3 is 14.9 Å². The molecule has 0 amide bonds. The molecule has 0 bridgehead atoms. The van der Waals surface area contributed by atoms with E-state index in [1.165, 1.54) is 23.7 Å². The minimum absolute atomic E-state index is 0.0632. The summed E-state index contributed by atoms with van der Waals surface area (Å²) >= 11 is 6.85. The number of nitriles is 1. The van der Waals surface area contributed by atoms with E-state index in [2.05, 4.69) is 16.5 Å². The minimum Gasteiger partial charge on any atom is -0.420 e. The van der Waals surface area contributed by atoms with Crippen molar-refractivity contribution in [2.45, 2.75) is 18.4 Å². The Balaban J connectivity index is 1.80. The van der Waals surface area contributed by atoms with Gasteiger partial charge in [-0.05, 0) is 24.3 Å². The van der Waals surface area contributed by atoms with Crippen LogP contribution in [0.3, 0.4) is 0 Å². The average molecular weight is 532 g/mol. The number of benzene rings is 2. The highest BCUT2D eigenvalue weighted by molar-refractivity contribution is 7.10. The first kappa shape index (κ1) is 25.5. The SMILES string of the molecule is C[C@@H](c1nc(-c2ccc(C#N)cc2)cs1)C(CN1CN=CN1)(OC(=O)OCCl)c1ccc(F)cc1F. The van der Waals surface area contributed by atoms with E-state index >= 15 is 4.39 Å².